The summed E-state index contributed by atoms with van der Waals surface area (Å²) in [7, 11) is -3.17. The second-order valence-electron chi connectivity index (χ2n) is 2.63. The molecular weight excluding hydrogens is 220 g/mol. The molecule has 0 bridgehead atoms. The topological polar surface area (TPSA) is 60.2 Å². The van der Waals surface area contributed by atoms with Crippen LogP contribution in [0.2, 0.25) is 0 Å². The summed E-state index contributed by atoms with van der Waals surface area (Å²) in [6.45, 7) is 0. The Hall–Kier alpha value is 0.696. The molecule has 1 aromatic carbocycles. The molecule has 0 aliphatic heterocycles. The summed E-state index contributed by atoms with van der Waals surface area (Å²) in [5.41, 5.74) is 0. The predicted octanol–water partition coefficient (Wildman–Crippen LogP) is -0.476. The molecule has 68 valence electrons. The molecule has 0 aromatic heterocycles. The number of nitrogens with two attached hydrogens (primary N) is 1. The van der Waals surface area contributed by atoms with Crippen LogP contribution in [-0.2, 0) is 10.0 Å². The number of sulfonamides is 1. The van der Waals surface area contributed by atoms with Crippen LogP contribution in [0.25, 0.3) is 0 Å². The fourth-order valence-electron chi connectivity index (χ4n) is 0.533. The Morgan fingerprint density at radius 3 is 1.85 bits per heavy atom. The molecule has 0 aliphatic carbocycles. The van der Waals surface area contributed by atoms with Gasteiger partial charge in [-0.25, -0.2) is 13.6 Å². The van der Waals surface area contributed by atoms with Gasteiger partial charge in [-0.05, 0) is 0 Å². The zero-order chi connectivity index (χ0) is 10.5. The van der Waals surface area contributed by atoms with Crippen LogP contribution < -0.4 is 4.80 Å². The van der Waals surface area contributed by atoms with E-state index in [1.54, 1.807) is 0 Å². The number of hydrogen-bond acceptors (Lipinski definition) is 2. The van der Waals surface area contributed by atoms with Crippen molar-refractivity contribution >= 4 is 58.6 Å². The average molecular weight is 229 g/mol. The molecule has 6 heteroatoms. The van der Waals surface area contributed by atoms with Gasteiger partial charge in [0.05, 0.1) is 6.26 Å². The van der Waals surface area contributed by atoms with Gasteiger partial charge in [0.15, 0.2) is 0 Å². The van der Waals surface area contributed by atoms with Gasteiger partial charge in [0.2, 0.25) is 10.0 Å². The van der Waals surface area contributed by atoms with E-state index in [4.69, 9.17) is 0 Å². The van der Waals surface area contributed by atoms with Crippen LogP contribution in [0.5, 0.6) is 0 Å². The first kappa shape index (κ1) is 13.7. The minimum absolute atomic E-state index is 0.141. The van der Waals surface area contributed by atoms with Gasteiger partial charge in [0.1, 0.15) is 0 Å². The van der Waals surface area contributed by atoms with E-state index in [2.05, 4.69) is 5.14 Å². The number of hydrogen-bond donors (Lipinski definition) is 1. The summed E-state index contributed by atoms with van der Waals surface area (Å²) in [5.74, 6) is -0.141. The first-order chi connectivity index (χ1) is 5.79. The quantitative estimate of drug-likeness (QED) is 0.611. The molecule has 3 nitrogen and oxygen atoms in total. The summed E-state index contributed by atoms with van der Waals surface area (Å²) >= 11 is 0.681. The van der Waals surface area contributed by atoms with Crippen molar-refractivity contribution in [3.63, 3.8) is 0 Å². The van der Waals surface area contributed by atoms with E-state index in [1.807, 2.05) is 12.1 Å². The van der Waals surface area contributed by atoms with Gasteiger partial charge in [-0.1, -0.05) is 0 Å². The maximum absolute atomic E-state index is 12.1. The van der Waals surface area contributed by atoms with Gasteiger partial charge in [-0.3, -0.25) is 0 Å². The number of halogens is 1. The maximum atomic E-state index is 12.1. The zero-order valence-electron chi connectivity index (χ0n) is 7.49. The van der Waals surface area contributed by atoms with Crippen LogP contribution in [0.1, 0.15) is 0 Å². The van der Waals surface area contributed by atoms with E-state index >= 15 is 0 Å². The van der Waals surface area contributed by atoms with E-state index in [9.17, 15) is 12.8 Å². The molecule has 0 saturated heterocycles. The van der Waals surface area contributed by atoms with E-state index in [1.165, 1.54) is 11.8 Å². The van der Waals surface area contributed by atoms with Gasteiger partial charge in [0, 0.05) is 0 Å². The van der Waals surface area contributed by atoms with Crippen molar-refractivity contribution in [2.45, 2.75) is 0 Å². The van der Waals surface area contributed by atoms with Crippen LogP contribution in [0.3, 0.4) is 0 Å². The van der Waals surface area contributed by atoms with Gasteiger partial charge in [-0.2, -0.15) is 0 Å². The van der Waals surface area contributed by atoms with Crippen molar-refractivity contribution in [3.05, 3.63) is 30.1 Å². The second kappa shape index (κ2) is 6.23. The van der Waals surface area contributed by atoms with Crippen molar-refractivity contribution in [1.82, 2.24) is 0 Å². The third-order valence-electron chi connectivity index (χ3n) is 1.01. The molecule has 0 amide bonds. The molecule has 0 heterocycles. The van der Waals surface area contributed by atoms with E-state index in [-0.39, 0.29) is 5.82 Å². The number of rotatable bonds is 0. The monoisotopic (exact) mass is 229 g/mol. The van der Waals surface area contributed by atoms with Crippen LogP contribution in [0.15, 0.2) is 24.3 Å². The molecular formula is C7H9FKNO2S. The van der Waals surface area contributed by atoms with Crippen molar-refractivity contribution < 1.29 is 12.8 Å². The van der Waals surface area contributed by atoms with E-state index in [0.29, 0.717) is 49.0 Å². The van der Waals surface area contributed by atoms with Crippen LogP contribution in [-0.4, -0.2) is 63.6 Å². The van der Waals surface area contributed by atoms with Crippen molar-refractivity contribution in [3.8, 4) is 0 Å². The minimum atomic E-state index is -3.17. The van der Waals surface area contributed by atoms with Gasteiger partial charge >= 0.3 is 83.1 Å². The second-order valence-corrected chi connectivity index (χ2v) is 6.09. The normalized spacial score (nSPS) is 10.2. The summed E-state index contributed by atoms with van der Waals surface area (Å²) in [4.78, 5) is 0. The van der Waals surface area contributed by atoms with Gasteiger partial charge < -0.3 is 0 Å². The Balaban J connectivity index is 0.000000252. The fourth-order valence-corrected chi connectivity index (χ4v) is 1.05. The average Bonchev–Trinajstić information content (AvgIpc) is 1.92. The van der Waals surface area contributed by atoms with Gasteiger partial charge in [0.25, 0.3) is 0 Å². The third-order valence-corrected chi connectivity index (χ3v) is 2.05. The third kappa shape index (κ3) is 12.7. The summed E-state index contributed by atoms with van der Waals surface area (Å²) in [6, 6.07) is 6.66. The molecule has 13 heavy (non-hydrogen) atoms. The molecule has 0 aliphatic rings. The molecule has 0 saturated carbocycles. The molecule has 0 unspecified atom stereocenters. The van der Waals surface area contributed by atoms with Crippen LogP contribution >= 0.6 is 0 Å². The predicted molar refractivity (Wildman–Crippen MR) is 50.8 cm³/mol. The molecule has 0 fully saturated rings. The molecule has 0 spiro atoms. The Bertz CT molecular complexity index is 320. The van der Waals surface area contributed by atoms with Gasteiger partial charge in [-0.15, -0.1) is 0 Å². The first-order valence-corrected chi connectivity index (χ1v) is 7.00. The van der Waals surface area contributed by atoms with Crippen molar-refractivity contribution in [2.75, 3.05) is 6.26 Å². The molecule has 1 aromatic rings. The Morgan fingerprint density at radius 1 is 1.31 bits per heavy atom. The SMILES string of the molecule is CS(N)(=O)=O.Fc1cc[c]([K])cc1. The zero-order valence-corrected chi connectivity index (χ0v) is 11.4. The van der Waals surface area contributed by atoms with E-state index in [0.717, 1.165) is 6.26 Å². The number of primary sulfonamides is 1. The standard InChI is InChI=1S/C6H4F.CH5NO2S.K/c7-6-4-2-1-3-5-6;1-5(2,3)4;/h2-5H;1H3,(H2,2,3,4);. The Morgan fingerprint density at radius 2 is 1.62 bits per heavy atom. The Kier molecular flexibility index (Phi) is 6.56. The summed E-state index contributed by atoms with van der Waals surface area (Å²) in [6.07, 6.45) is 0.938. The van der Waals surface area contributed by atoms with Crippen LogP contribution in [0.4, 0.5) is 4.39 Å². The molecule has 1 rings (SSSR count). The van der Waals surface area contributed by atoms with Crippen molar-refractivity contribution in [1.29, 1.82) is 0 Å². The fraction of sp³-hybridized carbons (Fsp3) is 0.143. The molecule has 0 atom stereocenters. The summed E-state index contributed by atoms with van der Waals surface area (Å²) in [5, 5.41) is 4.33. The summed E-state index contributed by atoms with van der Waals surface area (Å²) < 4.78 is 32.2. The first-order valence-electron chi connectivity index (χ1n) is 3.49. The van der Waals surface area contributed by atoms with E-state index < -0.39 is 10.0 Å². The molecule has 0 radical (unpaired) electrons. The number of benzene rings is 1. The van der Waals surface area contributed by atoms with Crippen molar-refractivity contribution in [2.24, 2.45) is 5.14 Å². The molecule has 2 N–H and O–H groups in total. The van der Waals surface area contributed by atoms with Crippen LogP contribution in [0, 0.1) is 5.82 Å². The Labute approximate surface area is 111 Å².